The van der Waals surface area contributed by atoms with Gasteiger partial charge in [0.05, 0.1) is 6.07 Å². The number of para-hydroxylation sites is 1. The first-order valence-electron chi connectivity index (χ1n) is 5.37. The van der Waals surface area contributed by atoms with Gasteiger partial charge in [-0.15, -0.1) is 0 Å². The molecule has 2 rings (SSSR count). The molecule has 3 heteroatoms. The summed E-state index contributed by atoms with van der Waals surface area (Å²) in [5.41, 5.74) is 7.42. The molecule has 82 valence electrons. The van der Waals surface area contributed by atoms with Crippen LogP contribution in [0.3, 0.4) is 0 Å². The topological polar surface area (TPSA) is 65.6 Å². The third kappa shape index (κ3) is 2.07. The largest absolute Gasteiger partial charge is 0.361 e. The Morgan fingerprint density at radius 3 is 2.94 bits per heavy atom. The number of aryl methyl sites for hydroxylation is 1. The number of benzene rings is 1. The first-order chi connectivity index (χ1) is 7.62. The maximum Gasteiger partial charge on any atom is 0.101 e. The molecule has 0 bridgehead atoms. The number of H-pyrrole nitrogens is 1. The molecule has 1 atom stereocenters. The molecule has 1 aromatic heterocycles. The van der Waals surface area contributed by atoms with Gasteiger partial charge in [0.25, 0.3) is 0 Å². The van der Waals surface area contributed by atoms with E-state index >= 15 is 0 Å². The fraction of sp³-hybridized carbons (Fsp3) is 0.308. The molecule has 0 fully saturated rings. The van der Waals surface area contributed by atoms with Crippen molar-refractivity contribution in [3.8, 4) is 6.07 Å². The lowest BCUT2D eigenvalue weighted by Crippen LogP contribution is -2.34. The van der Waals surface area contributed by atoms with E-state index in [0.29, 0.717) is 6.42 Å². The second-order valence-electron chi connectivity index (χ2n) is 4.39. The minimum absolute atomic E-state index is 0.672. The molecule has 3 nitrogen and oxygen atoms in total. The fourth-order valence-corrected chi connectivity index (χ4v) is 1.79. The second-order valence-corrected chi connectivity index (χ2v) is 4.39. The monoisotopic (exact) mass is 213 g/mol. The van der Waals surface area contributed by atoms with Gasteiger partial charge in [0.15, 0.2) is 0 Å². The van der Waals surface area contributed by atoms with E-state index < -0.39 is 5.54 Å². The average molecular weight is 213 g/mol. The number of nitriles is 1. The maximum absolute atomic E-state index is 8.85. The van der Waals surface area contributed by atoms with Gasteiger partial charge in [-0.3, -0.25) is 0 Å². The Balaban J connectivity index is 2.20. The van der Waals surface area contributed by atoms with Crippen molar-refractivity contribution in [3.05, 3.63) is 36.0 Å². The normalized spacial score (nSPS) is 14.6. The van der Waals surface area contributed by atoms with Gasteiger partial charge in [0.2, 0.25) is 0 Å². The molecule has 0 aliphatic heterocycles. The van der Waals surface area contributed by atoms with Gasteiger partial charge in [0, 0.05) is 17.1 Å². The Labute approximate surface area is 94.9 Å². The van der Waals surface area contributed by atoms with Crippen molar-refractivity contribution >= 4 is 10.9 Å². The third-order valence-corrected chi connectivity index (χ3v) is 2.84. The second kappa shape index (κ2) is 3.99. The van der Waals surface area contributed by atoms with E-state index in [1.165, 1.54) is 10.9 Å². The highest BCUT2D eigenvalue weighted by atomic mass is 14.7. The Hall–Kier alpha value is -1.79. The van der Waals surface area contributed by atoms with Crippen molar-refractivity contribution in [1.29, 1.82) is 5.26 Å². The van der Waals surface area contributed by atoms with Crippen LogP contribution in [0.1, 0.15) is 18.9 Å². The van der Waals surface area contributed by atoms with Crippen LogP contribution < -0.4 is 5.73 Å². The number of fused-ring (bicyclic) bond motifs is 1. The van der Waals surface area contributed by atoms with Crippen LogP contribution in [-0.4, -0.2) is 10.5 Å². The lowest BCUT2D eigenvalue weighted by atomic mass is 9.96. The fourth-order valence-electron chi connectivity index (χ4n) is 1.79. The summed E-state index contributed by atoms with van der Waals surface area (Å²) in [4.78, 5) is 3.22. The van der Waals surface area contributed by atoms with Crippen LogP contribution in [0.4, 0.5) is 0 Å². The molecule has 2 aromatic rings. The van der Waals surface area contributed by atoms with E-state index in [9.17, 15) is 0 Å². The number of hydrogen-bond donors (Lipinski definition) is 2. The molecule has 1 unspecified atom stereocenters. The molecule has 1 aromatic carbocycles. The van der Waals surface area contributed by atoms with Crippen molar-refractivity contribution < 1.29 is 0 Å². The Morgan fingerprint density at radius 1 is 1.44 bits per heavy atom. The van der Waals surface area contributed by atoms with Crippen LogP contribution in [0.5, 0.6) is 0 Å². The molecule has 0 radical (unpaired) electrons. The number of hydrogen-bond acceptors (Lipinski definition) is 2. The first-order valence-corrected chi connectivity index (χ1v) is 5.37. The van der Waals surface area contributed by atoms with Crippen molar-refractivity contribution in [1.82, 2.24) is 4.98 Å². The lowest BCUT2D eigenvalue weighted by molar-refractivity contribution is 0.547. The summed E-state index contributed by atoms with van der Waals surface area (Å²) in [7, 11) is 0. The summed E-state index contributed by atoms with van der Waals surface area (Å²) in [5.74, 6) is 0. The first kappa shape index (κ1) is 10.7. The number of nitrogens with one attached hydrogen (secondary N) is 1. The Kier molecular flexibility index (Phi) is 2.67. The van der Waals surface area contributed by atoms with Gasteiger partial charge < -0.3 is 10.7 Å². The Morgan fingerprint density at radius 2 is 2.19 bits per heavy atom. The summed E-state index contributed by atoms with van der Waals surface area (Å²) >= 11 is 0. The highest BCUT2D eigenvalue weighted by molar-refractivity contribution is 5.83. The molecule has 0 aliphatic rings. The smallest absolute Gasteiger partial charge is 0.101 e. The van der Waals surface area contributed by atoms with Crippen molar-refractivity contribution in [3.63, 3.8) is 0 Å². The molecular weight excluding hydrogens is 198 g/mol. The number of nitrogens with two attached hydrogens (primary N) is 1. The van der Waals surface area contributed by atoms with E-state index in [4.69, 9.17) is 11.0 Å². The van der Waals surface area contributed by atoms with Gasteiger partial charge in [-0.25, -0.2) is 0 Å². The number of aromatic nitrogens is 1. The maximum atomic E-state index is 8.85. The standard InChI is InChI=1S/C13H15N3/c1-13(15,9-14)7-6-10-8-16-12-5-3-2-4-11(10)12/h2-5,8,16H,6-7,15H2,1H3. The van der Waals surface area contributed by atoms with Crippen molar-refractivity contribution in [2.75, 3.05) is 0 Å². The van der Waals surface area contributed by atoms with E-state index in [-0.39, 0.29) is 0 Å². The summed E-state index contributed by atoms with van der Waals surface area (Å²) in [5, 5.41) is 10.1. The molecule has 3 N–H and O–H groups in total. The molecule has 0 spiro atoms. The molecule has 1 heterocycles. The molecule has 0 aliphatic carbocycles. The molecule has 16 heavy (non-hydrogen) atoms. The average Bonchev–Trinajstić information content (AvgIpc) is 2.70. The predicted molar refractivity (Wildman–Crippen MR) is 64.8 cm³/mol. The zero-order chi connectivity index (χ0) is 11.6. The summed E-state index contributed by atoms with van der Waals surface area (Å²) in [6, 6.07) is 10.3. The number of nitrogens with zero attached hydrogens (tertiary/aromatic N) is 1. The van der Waals surface area contributed by atoms with Crippen LogP contribution in [-0.2, 0) is 6.42 Å². The highest BCUT2D eigenvalue weighted by Gasteiger charge is 2.17. The zero-order valence-electron chi connectivity index (χ0n) is 9.33. The van der Waals surface area contributed by atoms with Gasteiger partial charge in [0.1, 0.15) is 5.54 Å². The van der Waals surface area contributed by atoms with Gasteiger partial charge in [-0.05, 0) is 31.4 Å². The zero-order valence-corrected chi connectivity index (χ0v) is 9.33. The molecule has 0 amide bonds. The van der Waals surface area contributed by atoms with E-state index in [1.807, 2.05) is 24.4 Å². The quantitative estimate of drug-likeness (QED) is 0.821. The lowest BCUT2D eigenvalue weighted by Gasteiger charge is -2.14. The summed E-state index contributed by atoms with van der Waals surface area (Å²) in [6.45, 7) is 1.77. The number of rotatable bonds is 3. The van der Waals surface area contributed by atoms with E-state index in [2.05, 4.69) is 17.1 Å². The van der Waals surface area contributed by atoms with Gasteiger partial charge in [-0.2, -0.15) is 5.26 Å². The number of aromatic amines is 1. The van der Waals surface area contributed by atoms with Crippen LogP contribution in [0.25, 0.3) is 10.9 Å². The summed E-state index contributed by atoms with van der Waals surface area (Å²) in [6.07, 6.45) is 3.49. The van der Waals surface area contributed by atoms with Crippen LogP contribution >= 0.6 is 0 Å². The molecular formula is C13H15N3. The van der Waals surface area contributed by atoms with Crippen molar-refractivity contribution in [2.45, 2.75) is 25.3 Å². The summed E-state index contributed by atoms with van der Waals surface area (Å²) < 4.78 is 0. The van der Waals surface area contributed by atoms with E-state index in [1.54, 1.807) is 6.92 Å². The highest BCUT2D eigenvalue weighted by Crippen LogP contribution is 2.20. The minimum atomic E-state index is -0.738. The van der Waals surface area contributed by atoms with Crippen LogP contribution in [0, 0.1) is 11.3 Å². The van der Waals surface area contributed by atoms with Crippen LogP contribution in [0.2, 0.25) is 0 Å². The Bertz CT molecular complexity index is 531. The molecule has 0 saturated heterocycles. The minimum Gasteiger partial charge on any atom is -0.361 e. The van der Waals surface area contributed by atoms with E-state index in [0.717, 1.165) is 11.9 Å². The van der Waals surface area contributed by atoms with Crippen LogP contribution in [0.15, 0.2) is 30.5 Å². The SMILES string of the molecule is CC(N)(C#N)CCc1c[nH]c2ccccc12. The third-order valence-electron chi connectivity index (χ3n) is 2.84. The molecule has 0 saturated carbocycles. The van der Waals surface area contributed by atoms with Crippen molar-refractivity contribution in [2.24, 2.45) is 5.73 Å². The van der Waals surface area contributed by atoms with Gasteiger partial charge >= 0.3 is 0 Å². The predicted octanol–water partition coefficient (Wildman–Crippen LogP) is 2.34. The van der Waals surface area contributed by atoms with Gasteiger partial charge in [-0.1, -0.05) is 18.2 Å².